The van der Waals surface area contributed by atoms with Crippen LogP contribution < -0.4 is 10.1 Å². The van der Waals surface area contributed by atoms with Crippen LogP contribution >= 0.6 is 11.6 Å². The zero-order valence-electron chi connectivity index (χ0n) is 10.9. The van der Waals surface area contributed by atoms with E-state index in [0.717, 1.165) is 25.8 Å². The summed E-state index contributed by atoms with van der Waals surface area (Å²) in [7, 11) is 0. The SMILES string of the molecule is C#CCCCCNCC(O)COc1ccc(Cl)cc1. The Labute approximate surface area is 119 Å². The highest BCUT2D eigenvalue weighted by Gasteiger charge is 2.04. The number of unbranched alkanes of at least 4 members (excludes halogenated alkanes) is 2. The summed E-state index contributed by atoms with van der Waals surface area (Å²) >= 11 is 5.77. The molecule has 3 nitrogen and oxygen atoms in total. The predicted octanol–water partition coefficient (Wildman–Crippen LogP) is 2.47. The fourth-order valence-corrected chi connectivity index (χ4v) is 1.65. The summed E-state index contributed by atoms with van der Waals surface area (Å²) in [6.45, 7) is 1.64. The van der Waals surface area contributed by atoms with Crippen LogP contribution in [0.3, 0.4) is 0 Å². The van der Waals surface area contributed by atoms with Gasteiger partial charge in [0, 0.05) is 18.0 Å². The summed E-state index contributed by atoms with van der Waals surface area (Å²) in [6.07, 6.45) is 7.48. The van der Waals surface area contributed by atoms with Crippen molar-refractivity contribution in [3.63, 3.8) is 0 Å². The van der Waals surface area contributed by atoms with Crippen molar-refractivity contribution in [2.24, 2.45) is 0 Å². The third-order valence-corrected chi connectivity index (χ3v) is 2.81. The molecule has 0 heterocycles. The number of hydrogen-bond acceptors (Lipinski definition) is 3. The molecule has 0 saturated carbocycles. The molecule has 0 aliphatic heterocycles. The number of hydrogen-bond donors (Lipinski definition) is 2. The topological polar surface area (TPSA) is 41.5 Å². The lowest BCUT2D eigenvalue weighted by molar-refractivity contribution is 0.106. The molecule has 0 spiro atoms. The van der Waals surface area contributed by atoms with E-state index >= 15 is 0 Å². The third-order valence-electron chi connectivity index (χ3n) is 2.56. The van der Waals surface area contributed by atoms with Gasteiger partial charge in [-0.2, -0.15) is 0 Å². The van der Waals surface area contributed by atoms with Crippen molar-refractivity contribution in [1.29, 1.82) is 0 Å². The van der Waals surface area contributed by atoms with Crippen LogP contribution in [0.1, 0.15) is 19.3 Å². The van der Waals surface area contributed by atoms with E-state index in [1.54, 1.807) is 24.3 Å². The summed E-state index contributed by atoms with van der Waals surface area (Å²) in [5, 5.41) is 13.6. The maximum atomic E-state index is 9.72. The zero-order valence-corrected chi connectivity index (χ0v) is 11.7. The van der Waals surface area contributed by atoms with E-state index in [-0.39, 0.29) is 6.61 Å². The van der Waals surface area contributed by atoms with E-state index in [0.29, 0.717) is 17.3 Å². The Hall–Kier alpha value is -1.21. The van der Waals surface area contributed by atoms with Gasteiger partial charge < -0.3 is 15.2 Å². The van der Waals surface area contributed by atoms with Gasteiger partial charge in [0.05, 0.1) is 0 Å². The smallest absolute Gasteiger partial charge is 0.119 e. The number of rotatable bonds is 9. The zero-order chi connectivity index (χ0) is 13.9. The van der Waals surface area contributed by atoms with Gasteiger partial charge in [0.15, 0.2) is 0 Å². The van der Waals surface area contributed by atoms with Crippen LogP contribution in [0.15, 0.2) is 24.3 Å². The fourth-order valence-electron chi connectivity index (χ4n) is 1.53. The van der Waals surface area contributed by atoms with E-state index in [2.05, 4.69) is 11.2 Å². The molecule has 19 heavy (non-hydrogen) atoms. The van der Waals surface area contributed by atoms with Gasteiger partial charge in [-0.3, -0.25) is 0 Å². The molecule has 0 aromatic heterocycles. The Morgan fingerprint density at radius 1 is 1.32 bits per heavy atom. The largest absolute Gasteiger partial charge is 0.491 e. The fraction of sp³-hybridized carbons (Fsp3) is 0.467. The van der Waals surface area contributed by atoms with Crippen molar-refractivity contribution in [2.75, 3.05) is 19.7 Å². The van der Waals surface area contributed by atoms with Crippen LogP contribution in [0, 0.1) is 12.3 Å². The molecule has 0 aliphatic carbocycles. The number of ether oxygens (including phenoxy) is 1. The highest BCUT2D eigenvalue weighted by atomic mass is 35.5. The van der Waals surface area contributed by atoms with Gasteiger partial charge >= 0.3 is 0 Å². The maximum Gasteiger partial charge on any atom is 0.119 e. The lowest BCUT2D eigenvalue weighted by Gasteiger charge is -2.13. The summed E-state index contributed by atoms with van der Waals surface area (Å²) in [4.78, 5) is 0. The first-order chi connectivity index (χ1) is 9.22. The second kappa shape index (κ2) is 9.69. The average Bonchev–Trinajstić information content (AvgIpc) is 2.42. The number of aliphatic hydroxyl groups is 1. The van der Waals surface area contributed by atoms with Crippen LogP contribution in [0.2, 0.25) is 5.02 Å². The molecule has 0 radical (unpaired) electrons. The van der Waals surface area contributed by atoms with Gasteiger partial charge in [0.2, 0.25) is 0 Å². The summed E-state index contributed by atoms with van der Waals surface area (Å²) < 4.78 is 5.44. The molecule has 1 aromatic rings. The monoisotopic (exact) mass is 281 g/mol. The van der Waals surface area contributed by atoms with Crippen LogP contribution in [-0.2, 0) is 0 Å². The van der Waals surface area contributed by atoms with Crippen LogP contribution in [0.25, 0.3) is 0 Å². The Morgan fingerprint density at radius 3 is 2.74 bits per heavy atom. The van der Waals surface area contributed by atoms with Crippen molar-refractivity contribution in [3.05, 3.63) is 29.3 Å². The van der Waals surface area contributed by atoms with Gasteiger partial charge in [-0.15, -0.1) is 12.3 Å². The second-order valence-corrected chi connectivity index (χ2v) is 4.72. The third kappa shape index (κ3) is 7.74. The molecule has 0 bridgehead atoms. The Kier molecular flexibility index (Phi) is 8.08. The van der Waals surface area contributed by atoms with Crippen molar-refractivity contribution in [2.45, 2.75) is 25.4 Å². The van der Waals surface area contributed by atoms with E-state index in [9.17, 15) is 5.11 Å². The lowest BCUT2D eigenvalue weighted by atomic mass is 10.2. The predicted molar refractivity (Wildman–Crippen MR) is 78.5 cm³/mol. The molecule has 104 valence electrons. The molecule has 2 N–H and O–H groups in total. The molecular formula is C15H20ClNO2. The quantitative estimate of drug-likeness (QED) is 0.540. The standard InChI is InChI=1S/C15H20ClNO2/c1-2-3-4-5-10-17-11-14(18)12-19-15-8-6-13(16)7-9-15/h1,6-9,14,17-18H,3-5,10-12H2. The van der Waals surface area contributed by atoms with Gasteiger partial charge in [-0.05, 0) is 43.7 Å². The molecule has 0 amide bonds. The van der Waals surface area contributed by atoms with Crippen LogP contribution in [-0.4, -0.2) is 30.9 Å². The van der Waals surface area contributed by atoms with Crippen LogP contribution in [0.5, 0.6) is 5.75 Å². The number of nitrogens with one attached hydrogen (secondary N) is 1. The molecule has 1 unspecified atom stereocenters. The second-order valence-electron chi connectivity index (χ2n) is 4.28. The summed E-state index contributed by atoms with van der Waals surface area (Å²) in [6, 6.07) is 7.07. The van der Waals surface area contributed by atoms with Crippen molar-refractivity contribution in [1.82, 2.24) is 5.32 Å². The Balaban J connectivity index is 2.06. The van der Waals surface area contributed by atoms with E-state index in [1.807, 2.05) is 0 Å². The molecule has 4 heteroatoms. The minimum atomic E-state index is -0.525. The maximum absolute atomic E-state index is 9.72. The molecule has 1 rings (SSSR count). The van der Waals surface area contributed by atoms with Gasteiger partial charge in [-0.1, -0.05) is 11.6 Å². The highest BCUT2D eigenvalue weighted by Crippen LogP contribution is 2.15. The summed E-state index contributed by atoms with van der Waals surface area (Å²) in [5.74, 6) is 3.31. The van der Waals surface area contributed by atoms with Crippen molar-refractivity contribution >= 4 is 11.6 Å². The van der Waals surface area contributed by atoms with Gasteiger partial charge in [0.1, 0.15) is 18.5 Å². The first-order valence-corrected chi connectivity index (χ1v) is 6.81. The molecular weight excluding hydrogens is 262 g/mol. The number of aliphatic hydroxyl groups excluding tert-OH is 1. The number of halogens is 1. The van der Waals surface area contributed by atoms with Gasteiger partial charge in [-0.25, -0.2) is 0 Å². The van der Waals surface area contributed by atoms with Gasteiger partial charge in [0.25, 0.3) is 0 Å². The first-order valence-electron chi connectivity index (χ1n) is 6.43. The molecule has 0 aliphatic rings. The van der Waals surface area contributed by atoms with Crippen LogP contribution in [0.4, 0.5) is 0 Å². The molecule has 1 aromatic carbocycles. The molecule has 1 atom stereocenters. The number of terminal acetylenes is 1. The minimum absolute atomic E-state index is 0.263. The Bertz CT molecular complexity index is 386. The van der Waals surface area contributed by atoms with E-state index in [4.69, 9.17) is 22.8 Å². The average molecular weight is 282 g/mol. The summed E-state index contributed by atoms with van der Waals surface area (Å²) in [5.41, 5.74) is 0. The van der Waals surface area contributed by atoms with E-state index in [1.165, 1.54) is 0 Å². The Morgan fingerprint density at radius 2 is 2.05 bits per heavy atom. The van der Waals surface area contributed by atoms with Crippen molar-refractivity contribution in [3.8, 4) is 18.1 Å². The normalized spacial score (nSPS) is 11.8. The highest BCUT2D eigenvalue weighted by molar-refractivity contribution is 6.30. The number of benzene rings is 1. The van der Waals surface area contributed by atoms with Crippen molar-refractivity contribution < 1.29 is 9.84 Å². The minimum Gasteiger partial charge on any atom is -0.491 e. The van der Waals surface area contributed by atoms with E-state index < -0.39 is 6.10 Å². The lowest BCUT2D eigenvalue weighted by Crippen LogP contribution is -2.32. The first kappa shape index (κ1) is 15.8. The molecule has 0 saturated heterocycles. The molecule has 0 fully saturated rings.